The van der Waals surface area contributed by atoms with Crippen LogP contribution in [0.4, 0.5) is 11.4 Å². The first-order valence-electron chi connectivity index (χ1n) is 6.53. The van der Waals surface area contributed by atoms with Gasteiger partial charge in [0.05, 0.1) is 22.2 Å². The fourth-order valence-corrected chi connectivity index (χ4v) is 2.18. The first-order valence-corrected chi connectivity index (χ1v) is 6.53. The van der Waals surface area contributed by atoms with E-state index in [9.17, 15) is 14.9 Å². The highest BCUT2D eigenvalue weighted by Crippen LogP contribution is 2.33. The second-order valence-corrected chi connectivity index (χ2v) is 4.64. The van der Waals surface area contributed by atoms with Crippen LogP contribution in [-0.2, 0) is 4.79 Å². The molecule has 0 saturated heterocycles. The van der Waals surface area contributed by atoms with Gasteiger partial charge in [-0.1, -0.05) is 6.92 Å². The summed E-state index contributed by atoms with van der Waals surface area (Å²) in [6.45, 7) is 1.83. The van der Waals surface area contributed by atoms with Crippen molar-refractivity contribution in [1.82, 2.24) is 4.98 Å². The lowest BCUT2D eigenvalue weighted by Gasteiger charge is -2.16. The molecule has 2 rings (SSSR count). The van der Waals surface area contributed by atoms with Crippen LogP contribution in [0.1, 0.15) is 19.8 Å². The number of nitro benzene ring substituents is 1. The van der Waals surface area contributed by atoms with Crippen LogP contribution >= 0.6 is 0 Å². The average Bonchev–Trinajstić information content (AvgIpc) is 2.45. The second-order valence-electron chi connectivity index (χ2n) is 4.64. The molecular weight excluding hydrogens is 274 g/mol. The van der Waals surface area contributed by atoms with Crippen molar-refractivity contribution in [1.29, 1.82) is 0 Å². The van der Waals surface area contributed by atoms with Crippen LogP contribution in [-0.4, -0.2) is 27.0 Å². The molecule has 7 nitrogen and oxygen atoms in total. The molecule has 110 valence electrons. The maximum absolute atomic E-state index is 11.3. The SMILES string of the molecule is CCC(CC(=O)O)Nc1ccc2ncccc2c1[N+](=O)[O-]. The molecule has 2 N–H and O–H groups in total. The lowest BCUT2D eigenvalue weighted by molar-refractivity contribution is -0.382. The Hall–Kier alpha value is -2.70. The van der Waals surface area contributed by atoms with Gasteiger partial charge in [0.25, 0.3) is 0 Å². The van der Waals surface area contributed by atoms with Crippen LogP contribution in [0, 0.1) is 10.1 Å². The van der Waals surface area contributed by atoms with E-state index in [0.29, 0.717) is 23.0 Å². The van der Waals surface area contributed by atoms with Crippen molar-refractivity contribution < 1.29 is 14.8 Å². The van der Waals surface area contributed by atoms with Gasteiger partial charge in [0.2, 0.25) is 0 Å². The lowest BCUT2D eigenvalue weighted by Crippen LogP contribution is -2.22. The van der Waals surface area contributed by atoms with E-state index < -0.39 is 10.9 Å². The molecule has 0 aliphatic rings. The minimum Gasteiger partial charge on any atom is -0.481 e. The monoisotopic (exact) mass is 289 g/mol. The first-order chi connectivity index (χ1) is 10.0. The number of rotatable bonds is 6. The number of hydrogen-bond donors (Lipinski definition) is 2. The van der Waals surface area contributed by atoms with E-state index in [4.69, 9.17) is 5.11 Å². The van der Waals surface area contributed by atoms with Gasteiger partial charge >= 0.3 is 11.7 Å². The third-order valence-corrected chi connectivity index (χ3v) is 3.21. The van der Waals surface area contributed by atoms with E-state index in [2.05, 4.69) is 10.3 Å². The average molecular weight is 289 g/mol. The van der Waals surface area contributed by atoms with E-state index in [1.54, 1.807) is 30.5 Å². The van der Waals surface area contributed by atoms with Crippen molar-refractivity contribution in [2.45, 2.75) is 25.8 Å². The molecule has 1 aromatic heterocycles. The molecule has 1 aromatic carbocycles. The summed E-state index contributed by atoms with van der Waals surface area (Å²) in [4.78, 5) is 25.8. The van der Waals surface area contributed by atoms with Crippen molar-refractivity contribution in [3.8, 4) is 0 Å². The summed E-state index contributed by atoms with van der Waals surface area (Å²) in [5.41, 5.74) is 0.763. The minimum absolute atomic E-state index is 0.0792. The Morgan fingerprint density at radius 1 is 1.48 bits per heavy atom. The van der Waals surface area contributed by atoms with E-state index >= 15 is 0 Å². The van der Waals surface area contributed by atoms with Gasteiger partial charge in [0, 0.05) is 12.2 Å². The molecule has 1 heterocycles. The standard InChI is InChI=1S/C14H15N3O4/c1-2-9(8-13(18)19)16-12-6-5-11-10(4-3-7-15-11)14(12)17(20)21/h3-7,9,16H,2,8H2,1H3,(H,18,19). The largest absolute Gasteiger partial charge is 0.481 e. The number of aliphatic carboxylic acids is 1. The molecule has 0 saturated carbocycles. The minimum atomic E-state index is -0.945. The zero-order chi connectivity index (χ0) is 15.4. The molecule has 0 aliphatic carbocycles. The highest BCUT2D eigenvalue weighted by Gasteiger charge is 2.21. The normalized spacial score (nSPS) is 12.0. The summed E-state index contributed by atoms with van der Waals surface area (Å²) < 4.78 is 0. The number of nitrogens with zero attached hydrogens (tertiary/aromatic N) is 2. The topological polar surface area (TPSA) is 105 Å². The molecule has 21 heavy (non-hydrogen) atoms. The number of nitrogens with one attached hydrogen (secondary N) is 1. The Morgan fingerprint density at radius 3 is 2.86 bits per heavy atom. The number of anilines is 1. The summed E-state index contributed by atoms with van der Waals surface area (Å²) in [6.07, 6.45) is 2.02. The number of benzene rings is 1. The Morgan fingerprint density at radius 2 is 2.24 bits per heavy atom. The quantitative estimate of drug-likeness (QED) is 0.625. The fraction of sp³-hybridized carbons (Fsp3) is 0.286. The number of hydrogen-bond acceptors (Lipinski definition) is 5. The number of carboxylic acids is 1. The van der Waals surface area contributed by atoms with E-state index in [1.165, 1.54) is 0 Å². The van der Waals surface area contributed by atoms with Gasteiger partial charge in [-0.05, 0) is 30.7 Å². The van der Waals surface area contributed by atoms with Crippen molar-refractivity contribution >= 4 is 28.2 Å². The maximum atomic E-state index is 11.3. The summed E-state index contributed by atoms with van der Waals surface area (Å²) in [6, 6.07) is 6.14. The molecule has 0 radical (unpaired) electrons. The van der Waals surface area contributed by atoms with Crippen molar-refractivity contribution in [2.75, 3.05) is 5.32 Å². The summed E-state index contributed by atoms with van der Waals surface area (Å²) >= 11 is 0. The van der Waals surface area contributed by atoms with E-state index in [0.717, 1.165) is 0 Å². The Kier molecular flexibility index (Phi) is 4.32. The summed E-state index contributed by atoms with van der Waals surface area (Å²) in [5.74, 6) is -0.945. The number of pyridine rings is 1. The van der Waals surface area contributed by atoms with Crippen LogP contribution in [0.2, 0.25) is 0 Å². The fourth-order valence-electron chi connectivity index (χ4n) is 2.18. The zero-order valence-corrected chi connectivity index (χ0v) is 11.4. The second kappa shape index (κ2) is 6.17. The van der Waals surface area contributed by atoms with Gasteiger partial charge in [-0.25, -0.2) is 0 Å². The number of carboxylic acid groups (broad SMARTS) is 1. The van der Waals surface area contributed by atoms with Crippen molar-refractivity contribution in [2.24, 2.45) is 0 Å². The Bertz CT molecular complexity index is 687. The lowest BCUT2D eigenvalue weighted by atomic mass is 10.1. The third kappa shape index (κ3) is 3.25. The van der Waals surface area contributed by atoms with Gasteiger partial charge < -0.3 is 10.4 Å². The zero-order valence-electron chi connectivity index (χ0n) is 11.4. The number of aromatic nitrogens is 1. The predicted molar refractivity (Wildman–Crippen MR) is 78.4 cm³/mol. The predicted octanol–water partition coefficient (Wildman–Crippen LogP) is 2.81. The molecule has 0 aliphatic heterocycles. The number of carbonyl (C=O) groups is 1. The van der Waals surface area contributed by atoms with E-state index in [-0.39, 0.29) is 18.2 Å². The van der Waals surface area contributed by atoms with Gasteiger partial charge in [0.1, 0.15) is 5.69 Å². The third-order valence-electron chi connectivity index (χ3n) is 3.21. The molecule has 1 atom stereocenters. The van der Waals surface area contributed by atoms with Crippen LogP contribution in [0.15, 0.2) is 30.5 Å². The van der Waals surface area contributed by atoms with Gasteiger partial charge in [-0.3, -0.25) is 19.9 Å². The van der Waals surface area contributed by atoms with Gasteiger partial charge in [-0.2, -0.15) is 0 Å². The molecular formula is C14H15N3O4. The summed E-state index contributed by atoms with van der Waals surface area (Å²) in [5, 5.41) is 23.6. The van der Waals surface area contributed by atoms with Gasteiger partial charge in [-0.15, -0.1) is 0 Å². The van der Waals surface area contributed by atoms with Gasteiger partial charge in [0.15, 0.2) is 0 Å². The van der Waals surface area contributed by atoms with Crippen molar-refractivity contribution in [3.63, 3.8) is 0 Å². The Balaban J connectivity index is 2.45. The molecule has 2 aromatic rings. The van der Waals surface area contributed by atoms with Crippen LogP contribution in [0.5, 0.6) is 0 Å². The Labute approximate surface area is 120 Å². The van der Waals surface area contributed by atoms with E-state index in [1.807, 2.05) is 6.92 Å². The molecule has 0 amide bonds. The number of fused-ring (bicyclic) bond motifs is 1. The summed E-state index contributed by atoms with van der Waals surface area (Å²) in [7, 11) is 0. The van der Waals surface area contributed by atoms with Crippen LogP contribution < -0.4 is 5.32 Å². The first kappa shape index (κ1) is 14.7. The maximum Gasteiger partial charge on any atom is 0.305 e. The number of nitro groups is 1. The molecule has 0 spiro atoms. The molecule has 7 heteroatoms. The van der Waals surface area contributed by atoms with Crippen molar-refractivity contribution in [3.05, 3.63) is 40.6 Å². The van der Waals surface area contributed by atoms with Crippen LogP contribution in [0.25, 0.3) is 10.9 Å². The molecule has 0 fully saturated rings. The molecule has 1 unspecified atom stereocenters. The smallest absolute Gasteiger partial charge is 0.305 e. The highest BCUT2D eigenvalue weighted by atomic mass is 16.6. The highest BCUT2D eigenvalue weighted by molar-refractivity contribution is 5.94. The van der Waals surface area contributed by atoms with Crippen LogP contribution in [0.3, 0.4) is 0 Å². The molecule has 0 bridgehead atoms.